The van der Waals surface area contributed by atoms with Gasteiger partial charge in [0.15, 0.2) is 17.3 Å². The van der Waals surface area contributed by atoms with Crippen LogP contribution in [0.5, 0.6) is 0 Å². The first-order chi connectivity index (χ1) is 10.0. The molecular weight excluding hydrogens is 280 g/mol. The van der Waals surface area contributed by atoms with Crippen molar-refractivity contribution in [2.75, 3.05) is 0 Å². The molecule has 1 aromatic heterocycles. The van der Waals surface area contributed by atoms with E-state index in [4.69, 9.17) is 4.74 Å². The molecule has 2 aromatic rings. The topological polar surface area (TPSA) is 56.5 Å². The fourth-order valence-electron chi connectivity index (χ4n) is 1.83. The number of halogens is 2. The Hall–Kier alpha value is -2.83. The Kier molecular flexibility index (Phi) is 3.09. The highest BCUT2D eigenvalue weighted by atomic mass is 19.2. The minimum absolute atomic E-state index is 0.0611. The molecule has 3 rings (SSSR count). The Morgan fingerprint density at radius 2 is 2.10 bits per heavy atom. The summed E-state index contributed by atoms with van der Waals surface area (Å²) in [6.07, 6.45) is 4.76. The van der Waals surface area contributed by atoms with Crippen molar-refractivity contribution < 1.29 is 18.3 Å². The van der Waals surface area contributed by atoms with Gasteiger partial charge in [0.05, 0.1) is 6.20 Å². The Morgan fingerprint density at radius 1 is 1.29 bits per heavy atom. The van der Waals surface area contributed by atoms with Crippen LogP contribution in [0.3, 0.4) is 0 Å². The highest BCUT2D eigenvalue weighted by Gasteiger charge is 2.24. The predicted octanol–water partition coefficient (Wildman–Crippen LogP) is 2.04. The van der Waals surface area contributed by atoms with Crippen LogP contribution in [0.4, 0.5) is 8.78 Å². The maximum Gasteiger partial charge on any atom is 0.363 e. The van der Waals surface area contributed by atoms with Crippen LogP contribution < -0.4 is 0 Å². The van der Waals surface area contributed by atoms with E-state index >= 15 is 0 Å². The lowest BCUT2D eigenvalue weighted by molar-refractivity contribution is -0.129. The van der Waals surface area contributed by atoms with E-state index < -0.39 is 17.6 Å². The lowest BCUT2D eigenvalue weighted by Gasteiger charge is -1.99. The first-order valence-electron chi connectivity index (χ1n) is 5.99. The number of cyclic esters (lactones) is 1. The number of carbonyl (C=O) groups excluding carboxylic acids is 1. The largest absolute Gasteiger partial charge is 0.402 e. The van der Waals surface area contributed by atoms with Gasteiger partial charge in [0.1, 0.15) is 0 Å². The summed E-state index contributed by atoms with van der Waals surface area (Å²) in [6.45, 7) is 0. The van der Waals surface area contributed by atoms with Crippen molar-refractivity contribution in [2.45, 2.75) is 0 Å². The van der Waals surface area contributed by atoms with Crippen molar-refractivity contribution >= 4 is 17.9 Å². The summed E-state index contributed by atoms with van der Waals surface area (Å²) in [6, 6.07) is 3.16. The lowest BCUT2D eigenvalue weighted by atomic mass is 10.2. The maximum atomic E-state index is 13.2. The van der Waals surface area contributed by atoms with Gasteiger partial charge in [0, 0.05) is 24.4 Å². The van der Waals surface area contributed by atoms with E-state index in [2.05, 4.69) is 10.1 Å². The molecule has 21 heavy (non-hydrogen) atoms. The van der Waals surface area contributed by atoms with E-state index in [0.29, 0.717) is 5.56 Å². The lowest BCUT2D eigenvalue weighted by Crippen LogP contribution is -2.06. The van der Waals surface area contributed by atoms with E-state index in [1.807, 2.05) is 0 Å². The molecule has 0 spiro atoms. The Balaban J connectivity index is 1.95. The summed E-state index contributed by atoms with van der Waals surface area (Å²) in [4.78, 5) is 15.7. The monoisotopic (exact) mass is 289 g/mol. The van der Waals surface area contributed by atoms with Crippen LogP contribution in [-0.4, -0.2) is 21.6 Å². The second-order valence-corrected chi connectivity index (χ2v) is 4.41. The van der Waals surface area contributed by atoms with Crippen molar-refractivity contribution in [1.29, 1.82) is 0 Å². The number of rotatable bonds is 2. The number of aryl methyl sites for hydroxylation is 1. The van der Waals surface area contributed by atoms with Gasteiger partial charge in [-0.2, -0.15) is 5.10 Å². The van der Waals surface area contributed by atoms with Crippen LogP contribution in [0, 0.1) is 11.6 Å². The van der Waals surface area contributed by atoms with E-state index in [-0.39, 0.29) is 17.2 Å². The van der Waals surface area contributed by atoms with Gasteiger partial charge in [-0.25, -0.2) is 18.6 Å². The van der Waals surface area contributed by atoms with Crippen molar-refractivity contribution in [3.63, 3.8) is 0 Å². The standard InChI is InChI=1S/C14H9F2N3O2/c1-19-7-8(6-17-19)4-12-14(20)21-13(18-12)9-2-3-10(15)11(16)5-9/h2-7H,1H3/b12-4+. The van der Waals surface area contributed by atoms with Crippen LogP contribution in [0.2, 0.25) is 0 Å². The van der Waals surface area contributed by atoms with Crippen molar-refractivity contribution in [3.8, 4) is 0 Å². The third-order valence-corrected chi connectivity index (χ3v) is 2.82. The summed E-state index contributed by atoms with van der Waals surface area (Å²) in [5, 5.41) is 3.96. The number of hydrogen-bond donors (Lipinski definition) is 0. The number of nitrogens with zero attached hydrogens (tertiary/aromatic N) is 3. The van der Waals surface area contributed by atoms with Gasteiger partial charge in [-0.1, -0.05) is 0 Å². The van der Waals surface area contributed by atoms with Gasteiger partial charge >= 0.3 is 5.97 Å². The first kappa shape index (κ1) is 13.2. The van der Waals surface area contributed by atoms with Crippen LogP contribution in [0.25, 0.3) is 6.08 Å². The minimum Gasteiger partial charge on any atom is -0.402 e. The van der Waals surface area contributed by atoms with Crippen LogP contribution in [0.1, 0.15) is 11.1 Å². The molecule has 0 atom stereocenters. The molecule has 0 saturated carbocycles. The smallest absolute Gasteiger partial charge is 0.363 e. The van der Waals surface area contributed by atoms with E-state index in [1.54, 1.807) is 24.1 Å². The van der Waals surface area contributed by atoms with E-state index in [9.17, 15) is 13.6 Å². The zero-order valence-electron chi connectivity index (χ0n) is 10.9. The SMILES string of the molecule is Cn1cc(/C=C2/N=C(c3ccc(F)c(F)c3)OC2=O)cn1. The third kappa shape index (κ3) is 2.58. The number of carbonyl (C=O) groups is 1. The Bertz CT molecular complexity index is 793. The number of benzene rings is 1. The first-order valence-corrected chi connectivity index (χ1v) is 5.99. The summed E-state index contributed by atoms with van der Waals surface area (Å²) < 4.78 is 32.6. The number of esters is 1. The predicted molar refractivity (Wildman–Crippen MR) is 70.2 cm³/mol. The third-order valence-electron chi connectivity index (χ3n) is 2.82. The molecule has 0 bridgehead atoms. The molecule has 2 heterocycles. The molecule has 0 N–H and O–H groups in total. The normalized spacial score (nSPS) is 16.2. The molecule has 1 aliphatic rings. The second-order valence-electron chi connectivity index (χ2n) is 4.41. The zero-order chi connectivity index (χ0) is 15.0. The second kappa shape index (κ2) is 4.93. The fourth-order valence-corrected chi connectivity index (χ4v) is 1.83. The number of aromatic nitrogens is 2. The molecule has 1 aliphatic heterocycles. The number of ether oxygens (including phenoxy) is 1. The average molecular weight is 289 g/mol. The van der Waals surface area contributed by atoms with Crippen molar-refractivity contribution in [2.24, 2.45) is 12.0 Å². The Morgan fingerprint density at radius 3 is 2.76 bits per heavy atom. The summed E-state index contributed by atoms with van der Waals surface area (Å²) in [5.41, 5.74) is 0.944. The molecule has 1 aromatic carbocycles. The molecule has 0 amide bonds. The van der Waals surface area contributed by atoms with Gasteiger partial charge in [-0.05, 0) is 24.3 Å². The molecule has 7 heteroatoms. The molecule has 0 saturated heterocycles. The van der Waals surface area contributed by atoms with Crippen LogP contribution >= 0.6 is 0 Å². The van der Waals surface area contributed by atoms with Gasteiger partial charge in [0.2, 0.25) is 5.90 Å². The van der Waals surface area contributed by atoms with Gasteiger partial charge in [-0.15, -0.1) is 0 Å². The molecule has 106 valence electrons. The zero-order valence-corrected chi connectivity index (χ0v) is 10.9. The fraction of sp³-hybridized carbons (Fsp3) is 0.0714. The van der Waals surface area contributed by atoms with Crippen LogP contribution in [-0.2, 0) is 16.6 Å². The van der Waals surface area contributed by atoms with Gasteiger partial charge in [-0.3, -0.25) is 4.68 Å². The Labute approximate surface area is 118 Å². The van der Waals surface area contributed by atoms with Crippen LogP contribution in [0.15, 0.2) is 41.3 Å². The molecular formula is C14H9F2N3O2. The number of aliphatic imine (C=N–C) groups is 1. The number of hydrogen-bond acceptors (Lipinski definition) is 4. The molecule has 0 fully saturated rings. The molecule has 0 unspecified atom stereocenters. The van der Waals surface area contributed by atoms with Crippen molar-refractivity contribution in [3.05, 3.63) is 59.1 Å². The van der Waals surface area contributed by atoms with Crippen molar-refractivity contribution in [1.82, 2.24) is 9.78 Å². The summed E-state index contributed by atoms with van der Waals surface area (Å²) >= 11 is 0. The summed E-state index contributed by atoms with van der Waals surface area (Å²) in [5.74, 6) is -2.72. The highest BCUT2D eigenvalue weighted by Crippen LogP contribution is 2.20. The quantitative estimate of drug-likeness (QED) is 0.628. The average Bonchev–Trinajstić information content (AvgIpc) is 3.00. The minimum atomic E-state index is -1.03. The molecule has 0 radical (unpaired) electrons. The maximum absolute atomic E-state index is 13.2. The van der Waals surface area contributed by atoms with E-state index in [0.717, 1.165) is 12.1 Å². The van der Waals surface area contributed by atoms with E-state index in [1.165, 1.54) is 12.1 Å². The highest BCUT2D eigenvalue weighted by molar-refractivity contribution is 6.12. The molecule has 0 aliphatic carbocycles. The van der Waals surface area contributed by atoms with Gasteiger partial charge < -0.3 is 4.74 Å². The summed E-state index contributed by atoms with van der Waals surface area (Å²) in [7, 11) is 1.74. The molecule has 5 nitrogen and oxygen atoms in total. The van der Waals surface area contributed by atoms with Gasteiger partial charge in [0.25, 0.3) is 0 Å².